The summed E-state index contributed by atoms with van der Waals surface area (Å²) >= 11 is 0. The second-order valence-electron chi connectivity index (χ2n) is 5.46. The highest BCUT2D eigenvalue weighted by Gasteiger charge is 2.32. The molecule has 0 N–H and O–H groups in total. The molecule has 0 bridgehead atoms. The maximum atomic E-state index is 12.1. The normalized spacial score (nSPS) is 15.9. The molecule has 0 aliphatic carbocycles. The van der Waals surface area contributed by atoms with Crippen molar-refractivity contribution in [2.75, 3.05) is 0 Å². The average molecular weight is 246 g/mol. The molecule has 0 aromatic heterocycles. The summed E-state index contributed by atoms with van der Waals surface area (Å²) in [5.41, 5.74) is 1.44. The number of fused-ring (bicyclic) bond motifs is 1. The molecule has 0 atom stereocenters. The first-order valence-corrected chi connectivity index (χ1v) is 6.22. The summed E-state index contributed by atoms with van der Waals surface area (Å²) in [6.07, 6.45) is 1.37. The van der Waals surface area contributed by atoms with Crippen LogP contribution in [0.3, 0.4) is 0 Å². The van der Waals surface area contributed by atoms with Crippen molar-refractivity contribution in [1.82, 2.24) is 0 Å². The second-order valence-corrected chi connectivity index (χ2v) is 5.46. The van der Waals surface area contributed by atoms with E-state index >= 15 is 0 Å². The lowest BCUT2D eigenvalue weighted by atomic mass is 9.98. The number of carbonyl (C=O) groups is 2. The standard InChI is InChI=1S/C15H18O3/c1-10(16)7-8-13(17)12-6-4-5-11-9-15(2,3)18-14(11)12/h4-6H,7-9H2,1-3H3. The fraction of sp³-hybridized carbons (Fsp3) is 0.467. The topological polar surface area (TPSA) is 43.4 Å². The molecule has 3 nitrogen and oxygen atoms in total. The molecule has 1 heterocycles. The number of hydrogen-bond acceptors (Lipinski definition) is 3. The maximum absolute atomic E-state index is 12.1. The Kier molecular flexibility index (Phi) is 3.24. The molecule has 0 amide bonds. The van der Waals surface area contributed by atoms with E-state index in [-0.39, 0.29) is 23.6 Å². The highest BCUT2D eigenvalue weighted by Crippen LogP contribution is 2.38. The number of benzene rings is 1. The van der Waals surface area contributed by atoms with Gasteiger partial charge in [-0.05, 0) is 32.4 Å². The summed E-state index contributed by atoms with van der Waals surface area (Å²) in [5.74, 6) is 0.730. The van der Waals surface area contributed by atoms with Gasteiger partial charge in [0, 0.05) is 19.3 Å². The van der Waals surface area contributed by atoms with Crippen molar-refractivity contribution in [3.63, 3.8) is 0 Å². The van der Waals surface area contributed by atoms with Crippen molar-refractivity contribution in [1.29, 1.82) is 0 Å². The quantitative estimate of drug-likeness (QED) is 0.767. The van der Waals surface area contributed by atoms with Gasteiger partial charge in [-0.1, -0.05) is 12.1 Å². The lowest BCUT2D eigenvalue weighted by Gasteiger charge is -2.17. The van der Waals surface area contributed by atoms with Gasteiger partial charge < -0.3 is 9.53 Å². The molecule has 96 valence electrons. The van der Waals surface area contributed by atoms with Gasteiger partial charge in [-0.25, -0.2) is 0 Å². The van der Waals surface area contributed by atoms with Crippen molar-refractivity contribution >= 4 is 11.6 Å². The van der Waals surface area contributed by atoms with Crippen molar-refractivity contribution in [3.05, 3.63) is 29.3 Å². The van der Waals surface area contributed by atoms with Gasteiger partial charge in [0.1, 0.15) is 17.1 Å². The highest BCUT2D eigenvalue weighted by atomic mass is 16.5. The zero-order valence-electron chi connectivity index (χ0n) is 11.1. The number of carbonyl (C=O) groups excluding carboxylic acids is 2. The van der Waals surface area contributed by atoms with Crippen LogP contribution in [-0.2, 0) is 11.2 Å². The number of Topliss-reactive ketones (excluding diaryl/α,β-unsaturated/α-hetero) is 2. The van der Waals surface area contributed by atoms with Crippen LogP contribution < -0.4 is 4.74 Å². The van der Waals surface area contributed by atoms with Crippen LogP contribution >= 0.6 is 0 Å². The molecular weight excluding hydrogens is 228 g/mol. The van der Waals surface area contributed by atoms with Gasteiger partial charge in [0.25, 0.3) is 0 Å². The third-order valence-corrected chi connectivity index (χ3v) is 3.10. The van der Waals surface area contributed by atoms with Gasteiger partial charge in [0.2, 0.25) is 0 Å². The van der Waals surface area contributed by atoms with Crippen LogP contribution in [0.5, 0.6) is 5.75 Å². The van der Waals surface area contributed by atoms with Crippen LogP contribution in [0.25, 0.3) is 0 Å². The summed E-state index contributed by atoms with van der Waals surface area (Å²) in [6, 6.07) is 5.65. The summed E-state index contributed by atoms with van der Waals surface area (Å²) in [4.78, 5) is 23.0. The Morgan fingerprint density at radius 3 is 2.67 bits per heavy atom. The van der Waals surface area contributed by atoms with Gasteiger partial charge in [-0.15, -0.1) is 0 Å². The Hall–Kier alpha value is -1.64. The molecule has 0 radical (unpaired) electrons. The number of ketones is 2. The molecule has 1 aliphatic heterocycles. The zero-order chi connectivity index (χ0) is 13.3. The first kappa shape index (κ1) is 12.8. The van der Waals surface area contributed by atoms with Crippen LogP contribution in [-0.4, -0.2) is 17.2 Å². The summed E-state index contributed by atoms with van der Waals surface area (Å²) in [5, 5.41) is 0. The molecule has 0 saturated heterocycles. The van der Waals surface area contributed by atoms with E-state index in [1.165, 1.54) is 6.92 Å². The Bertz CT molecular complexity index is 500. The van der Waals surface area contributed by atoms with Gasteiger partial charge in [-0.3, -0.25) is 4.79 Å². The van der Waals surface area contributed by atoms with Gasteiger partial charge in [0.05, 0.1) is 5.56 Å². The maximum Gasteiger partial charge on any atom is 0.167 e. The number of hydrogen-bond donors (Lipinski definition) is 0. The fourth-order valence-electron chi connectivity index (χ4n) is 2.26. The van der Waals surface area contributed by atoms with Gasteiger partial charge >= 0.3 is 0 Å². The Balaban J connectivity index is 2.24. The largest absolute Gasteiger partial charge is 0.486 e. The first-order valence-electron chi connectivity index (χ1n) is 6.22. The molecule has 0 fully saturated rings. The number of rotatable bonds is 4. The van der Waals surface area contributed by atoms with Crippen LogP contribution in [0.15, 0.2) is 18.2 Å². The molecule has 3 heteroatoms. The molecule has 0 spiro atoms. The van der Waals surface area contributed by atoms with E-state index in [0.717, 1.165) is 12.0 Å². The summed E-state index contributed by atoms with van der Waals surface area (Å²) < 4.78 is 5.85. The van der Waals surface area contributed by atoms with Crippen molar-refractivity contribution in [2.24, 2.45) is 0 Å². The molecule has 1 aliphatic rings. The molecule has 1 aromatic rings. The Labute approximate surface area is 107 Å². The van der Waals surface area contributed by atoms with E-state index in [1.54, 1.807) is 6.07 Å². The van der Waals surface area contributed by atoms with Crippen molar-refractivity contribution < 1.29 is 14.3 Å². The van der Waals surface area contributed by atoms with Crippen LogP contribution in [0, 0.1) is 0 Å². The average Bonchev–Trinajstić information content (AvgIpc) is 2.59. The third-order valence-electron chi connectivity index (χ3n) is 3.10. The Morgan fingerprint density at radius 2 is 2.00 bits per heavy atom. The number of ether oxygens (including phenoxy) is 1. The molecular formula is C15H18O3. The molecule has 2 rings (SSSR count). The van der Waals surface area contributed by atoms with Crippen molar-refractivity contribution in [3.8, 4) is 5.75 Å². The van der Waals surface area contributed by atoms with Crippen molar-refractivity contribution in [2.45, 2.75) is 45.6 Å². The molecule has 0 unspecified atom stereocenters. The number of para-hydroxylation sites is 1. The van der Waals surface area contributed by atoms with E-state index < -0.39 is 0 Å². The Morgan fingerprint density at radius 1 is 1.28 bits per heavy atom. The van der Waals surface area contributed by atoms with Crippen LogP contribution in [0.1, 0.15) is 49.5 Å². The summed E-state index contributed by atoms with van der Waals surface area (Å²) in [6.45, 7) is 5.52. The predicted molar refractivity (Wildman–Crippen MR) is 69.1 cm³/mol. The zero-order valence-corrected chi connectivity index (χ0v) is 11.1. The van der Waals surface area contributed by atoms with Crippen LogP contribution in [0.4, 0.5) is 0 Å². The van der Waals surface area contributed by atoms with Crippen LogP contribution in [0.2, 0.25) is 0 Å². The smallest absolute Gasteiger partial charge is 0.167 e. The van der Waals surface area contributed by atoms with E-state index in [1.807, 2.05) is 26.0 Å². The van der Waals surface area contributed by atoms with E-state index in [0.29, 0.717) is 17.7 Å². The molecule has 18 heavy (non-hydrogen) atoms. The van der Waals surface area contributed by atoms with E-state index in [4.69, 9.17) is 4.74 Å². The molecule has 1 aromatic carbocycles. The van der Waals surface area contributed by atoms with Gasteiger partial charge in [0.15, 0.2) is 5.78 Å². The minimum absolute atomic E-state index is 0.0141. The highest BCUT2D eigenvalue weighted by molar-refractivity contribution is 6.00. The second kappa shape index (κ2) is 4.56. The first-order chi connectivity index (χ1) is 8.39. The SMILES string of the molecule is CC(=O)CCC(=O)c1cccc2c1OC(C)(C)C2. The summed E-state index contributed by atoms with van der Waals surface area (Å²) in [7, 11) is 0. The molecule has 0 saturated carbocycles. The monoisotopic (exact) mass is 246 g/mol. The van der Waals surface area contributed by atoms with E-state index in [2.05, 4.69) is 0 Å². The lowest BCUT2D eigenvalue weighted by molar-refractivity contribution is -0.116. The predicted octanol–water partition coefficient (Wildman–Crippen LogP) is 2.95. The van der Waals surface area contributed by atoms with E-state index in [9.17, 15) is 9.59 Å². The lowest BCUT2D eigenvalue weighted by Crippen LogP contribution is -2.25. The fourth-order valence-corrected chi connectivity index (χ4v) is 2.26. The van der Waals surface area contributed by atoms with Gasteiger partial charge in [-0.2, -0.15) is 0 Å². The minimum Gasteiger partial charge on any atom is -0.486 e. The minimum atomic E-state index is -0.251. The third kappa shape index (κ3) is 2.61.